The number of carbonyl (C=O) groups is 2. The van der Waals surface area contributed by atoms with Crippen molar-refractivity contribution in [3.05, 3.63) is 54.1 Å². The Morgan fingerprint density at radius 2 is 1.72 bits per heavy atom. The van der Waals surface area contributed by atoms with E-state index in [4.69, 9.17) is 24.4 Å². The number of ether oxygens (including phenoxy) is 2. The van der Waals surface area contributed by atoms with Gasteiger partial charge in [0.15, 0.2) is 5.96 Å². The van der Waals surface area contributed by atoms with Crippen molar-refractivity contribution < 1.29 is 42.4 Å². The van der Waals surface area contributed by atoms with Crippen molar-refractivity contribution in [1.82, 2.24) is 4.90 Å². The molecule has 2 aromatic carbocycles. The first-order valence-corrected chi connectivity index (χ1v) is 12.2. The molecule has 1 aliphatic heterocycles. The molecule has 0 spiro atoms. The molecule has 39 heavy (non-hydrogen) atoms. The molecule has 0 radical (unpaired) electrons. The van der Waals surface area contributed by atoms with Crippen LogP contribution in [0, 0.1) is 0 Å². The minimum Gasteiger partial charge on any atom is -0.495 e. The highest BCUT2D eigenvalue weighted by Gasteiger charge is 2.38. The number of aromatic carboxylic acids is 1. The van der Waals surface area contributed by atoms with E-state index >= 15 is 0 Å². The monoisotopic (exact) mass is 554 g/mol. The van der Waals surface area contributed by atoms with Crippen molar-refractivity contribution in [3.8, 4) is 5.75 Å². The largest absolute Gasteiger partial charge is 0.495 e. The highest BCUT2D eigenvalue weighted by molar-refractivity contribution is 5.96. The molecule has 0 aliphatic carbocycles. The van der Waals surface area contributed by atoms with Gasteiger partial charge in [-0.25, -0.2) is 9.59 Å². The number of benzene rings is 2. The third-order valence-electron chi connectivity index (χ3n) is 5.53. The molecule has 0 amide bonds. The standard InChI is InChI=1S/C24H32N4O4.C2HF3O2/c1-3-32-17-7-12-25-24(26-20-9-6-8-19(18-20)23(29)30)28-15-13-27(14-16-28)21-10-4-5-11-22(21)31-2;3-2(4,5)1(6)7/h4-6,8-11,18H,3,7,12-17H2,1-2H3,(H,25,26)(H,29,30);(H,6,7). The topological polar surface area (TPSA) is 124 Å². The SMILES string of the molecule is CCOCCCN=C(Nc1cccc(C(=O)O)c1)N1CCN(c2ccccc2OC)CC1.O=C(O)C(F)(F)F. The summed E-state index contributed by atoms with van der Waals surface area (Å²) in [5.41, 5.74) is 2.04. The first-order chi connectivity index (χ1) is 18.6. The van der Waals surface area contributed by atoms with Gasteiger partial charge in [-0.05, 0) is 43.7 Å². The number of para-hydroxylation sites is 2. The van der Waals surface area contributed by atoms with Gasteiger partial charge in [-0.3, -0.25) is 4.99 Å². The Morgan fingerprint density at radius 1 is 1.05 bits per heavy atom. The number of rotatable bonds is 9. The highest BCUT2D eigenvalue weighted by atomic mass is 19.4. The number of carboxylic acid groups (broad SMARTS) is 2. The van der Waals surface area contributed by atoms with E-state index in [1.165, 1.54) is 0 Å². The molecular weight excluding hydrogens is 521 g/mol. The molecule has 2 aromatic rings. The molecule has 1 aliphatic rings. The summed E-state index contributed by atoms with van der Waals surface area (Å²) in [6.07, 6.45) is -4.25. The number of hydrogen-bond donors (Lipinski definition) is 3. The fourth-order valence-electron chi connectivity index (χ4n) is 3.62. The van der Waals surface area contributed by atoms with Crippen LogP contribution in [0.15, 0.2) is 53.5 Å². The fourth-order valence-corrected chi connectivity index (χ4v) is 3.62. The number of piperazine rings is 1. The van der Waals surface area contributed by atoms with Gasteiger partial charge in [0, 0.05) is 51.6 Å². The Labute approximate surface area is 224 Å². The molecule has 0 saturated carbocycles. The maximum atomic E-state index is 11.3. The van der Waals surface area contributed by atoms with Crippen molar-refractivity contribution in [2.45, 2.75) is 19.5 Å². The number of aliphatic carboxylic acids is 1. The van der Waals surface area contributed by atoms with E-state index < -0.39 is 18.1 Å². The van der Waals surface area contributed by atoms with Crippen molar-refractivity contribution >= 4 is 29.3 Å². The number of anilines is 2. The third kappa shape index (κ3) is 10.3. The lowest BCUT2D eigenvalue weighted by Crippen LogP contribution is -2.50. The van der Waals surface area contributed by atoms with Gasteiger partial charge >= 0.3 is 18.1 Å². The summed E-state index contributed by atoms with van der Waals surface area (Å²) in [7, 11) is 1.69. The van der Waals surface area contributed by atoms with Crippen LogP contribution in [0.5, 0.6) is 5.75 Å². The van der Waals surface area contributed by atoms with Gasteiger partial charge in [0.25, 0.3) is 0 Å². The number of aliphatic imine (C=N–C) groups is 1. The van der Waals surface area contributed by atoms with Gasteiger partial charge in [0.2, 0.25) is 0 Å². The Morgan fingerprint density at radius 3 is 2.31 bits per heavy atom. The lowest BCUT2D eigenvalue weighted by atomic mass is 10.2. The summed E-state index contributed by atoms with van der Waals surface area (Å²) in [4.78, 5) is 29.5. The van der Waals surface area contributed by atoms with Crippen LogP contribution in [0.1, 0.15) is 23.7 Å². The van der Waals surface area contributed by atoms with Gasteiger partial charge in [0.1, 0.15) is 5.75 Å². The molecule has 1 saturated heterocycles. The van der Waals surface area contributed by atoms with Crippen molar-refractivity contribution in [3.63, 3.8) is 0 Å². The van der Waals surface area contributed by atoms with Gasteiger partial charge in [-0.2, -0.15) is 13.2 Å². The molecule has 10 nitrogen and oxygen atoms in total. The lowest BCUT2D eigenvalue weighted by molar-refractivity contribution is -0.192. The van der Waals surface area contributed by atoms with Crippen LogP contribution < -0.4 is 15.0 Å². The summed E-state index contributed by atoms with van der Waals surface area (Å²) in [5.74, 6) is -2.08. The van der Waals surface area contributed by atoms with Crippen LogP contribution >= 0.6 is 0 Å². The first kappa shape index (κ1) is 31.2. The van der Waals surface area contributed by atoms with Crippen LogP contribution in [0.25, 0.3) is 0 Å². The van der Waals surface area contributed by atoms with E-state index in [-0.39, 0.29) is 5.56 Å². The minimum absolute atomic E-state index is 0.242. The smallest absolute Gasteiger partial charge is 0.490 e. The molecule has 13 heteroatoms. The van der Waals surface area contributed by atoms with E-state index in [0.29, 0.717) is 25.4 Å². The van der Waals surface area contributed by atoms with E-state index in [9.17, 15) is 23.1 Å². The summed E-state index contributed by atoms with van der Waals surface area (Å²) < 4.78 is 42.7. The zero-order chi connectivity index (χ0) is 28.8. The minimum atomic E-state index is -5.08. The number of guanidine groups is 1. The Bertz CT molecular complexity index is 1110. The summed E-state index contributed by atoms with van der Waals surface area (Å²) in [5, 5.41) is 19.8. The normalized spacial score (nSPS) is 13.8. The number of halogens is 3. The second-order valence-corrected chi connectivity index (χ2v) is 8.22. The predicted octanol–water partition coefficient (Wildman–Crippen LogP) is 4.04. The van der Waals surface area contributed by atoms with Crippen LogP contribution in [-0.2, 0) is 9.53 Å². The molecule has 1 heterocycles. The van der Waals surface area contributed by atoms with Crippen LogP contribution in [0.3, 0.4) is 0 Å². The number of nitrogens with zero attached hydrogens (tertiary/aromatic N) is 3. The average molecular weight is 555 g/mol. The fraction of sp³-hybridized carbons (Fsp3) is 0.423. The van der Waals surface area contributed by atoms with Gasteiger partial charge in [-0.1, -0.05) is 18.2 Å². The number of carboxylic acids is 2. The molecule has 0 unspecified atom stereocenters. The molecule has 0 aromatic heterocycles. The maximum Gasteiger partial charge on any atom is 0.490 e. The van der Waals surface area contributed by atoms with E-state index in [1.54, 1.807) is 25.3 Å². The average Bonchev–Trinajstić information content (AvgIpc) is 2.92. The van der Waals surface area contributed by atoms with E-state index in [1.807, 2.05) is 31.2 Å². The van der Waals surface area contributed by atoms with Gasteiger partial charge in [0.05, 0.1) is 18.4 Å². The predicted molar refractivity (Wildman–Crippen MR) is 141 cm³/mol. The van der Waals surface area contributed by atoms with E-state index in [2.05, 4.69) is 21.2 Å². The van der Waals surface area contributed by atoms with Gasteiger partial charge < -0.3 is 34.8 Å². The molecule has 0 bridgehead atoms. The summed E-state index contributed by atoms with van der Waals surface area (Å²) in [6.45, 7) is 7.21. The Kier molecular flexibility index (Phi) is 12.3. The highest BCUT2D eigenvalue weighted by Crippen LogP contribution is 2.28. The molecular formula is C26H33F3N4O6. The number of methoxy groups -OCH3 is 1. The van der Waals surface area contributed by atoms with Crippen LogP contribution in [0.4, 0.5) is 24.5 Å². The second-order valence-electron chi connectivity index (χ2n) is 8.22. The zero-order valence-electron chi connectivity index (χ0n) is 21.8. The van der Waals surface area contributed by atoms with Crippen LogP contribution in [0.2, 0.25) is 0 Å². The van der Waals surface area contributed by atoms with E-state index in [0.717, 1.165) is 50.0 Å². The molecule has 214 valence electrons. The van der Waals surface area contributed by atoms with Crippen molar-refractivity contribution in [1.29, 1.82) is 0 Å². The molecule has 3 rings (SSSR count). The lowest BCUT2D eigenvalue weighted by Gasteiger charge is -2.38. The zero-order valence-corrected chi connectivity index (χ0v) is 21.8. The summed E-state index contributed by atoms with van der Waals surface area (Å²) in [6, 6.07) is 14.8. The van der Waals surface area contributed by atoms with Crippen molar-refractivity contribution in [2.24, 2.45) is 4.99 Å². The van der Waals surface area contributed by atoms with Gasteiger partial charge in [-0.15, -0.1) is 0 Å². The number of nitrogens with one attached hydrogen (secondary N) is 1. The third-order valence-corrected chi connectivity index (χ3v) is 5.53. The summed E-state index contributed by atoms with van der Waals surface area (Å²) >= 11 is 0. The van der Waals surface area contributed by atoms with Crippen molar-refractivity contribution in [2.75, 3.05) is 63.3 Å². The quantitative estimate of drug-likeness (QED) is 0.239. The molecule has 1 fully saturated rings. The Balaban J connectivity index is 0.000000673. The maximum absolute atomic E-state index is 11.3. The first-order valence-electron chi connectivity index (χ1n) is 12.2. The molecule has 3 N–H and O–H groups in total. The molecule has 0 atom stereocenters. The second kappa shape index (κ2) is 15.4. The number of hydrogen-bond acceptors (Lipinski definition) is 6. The van der Waals surface area contributed by atoms with Crippen LogP contribution in [-0.4, -0.2) is 92.2 Å². The Hall–Kier alpha value is -4.00. The number of alkyl halides is 3.